The number of likely N-dealkylation sites (tertiary alicyclic amines) is 1. The Labute approximate surface area is 200 Å². The first-order valence-electron chi connectivity index (χ1n) is 12.1. The van der Waals surface area contributed by atoms with Crippen molar-refractivity contribution in [2.45, 2.75) is 74.6 Å². The van der Waals surface area contributed by atoms with E-state index in [1.165, 1.54) is 0 Å². The zero-order valence-corrected chi connectivity index (χ0v) is 20.3. The summed E-state index contributed by atoms with van der Waals surface area (Å²) in [5, 5.41) is 15.6. The first-order valence-corrected chi connectivity index (χ1v) is 13.0. The lowest BCUT2D eigenvalue weighted by molar-refractivity contribution is -0.140. The first kappa shape index (κ1) is 24.1. The van der Waals surface area contributed by atoms with Crippen LogP contribution in [0.3, 0.4) is 0 Å². The van der Waals surface area contributed by atoms with E-state index in [-0.39, 0.29) is 35.6 Å². The normalized spacial score (nSPS) is 30.9. The van der Waals surface area contributed by atoms with Gasteiger partial charge in [-0.1, -0.05) is 43.7 Å². The summed E-state index contributed by atoms with van der Waals surface area (Å²) in [7, 11) is 0. The standard InChI is InChI=1S/C25H35N3O4S/c1-3-8-16(2)27-23(31)21-25-12-11-18(33-25)19(20(25)24(32)28(21)13-7-14-29)22(30)26-15-17-9-5-4-6-10-17/h4-6,9-10,16,18-21,29H,3,7-8,11-15H2,1-2H3,(H,26,30)(H,27,31)/t16?,18-,19+,20-,21?,25?/m0/s1. The number of aliphatic hydroxyl groups excluding tert-OH is 1. The molecule has 2 bridgehead atoms. The van der Waals surface area contributed by atoms with E-state index in [0.29, 0.717) is 19.5 Å². The van der Waals surface area contributed by atoms with Crippen LogP contribution < -0.4 is 10.6 Å². The summed E-state index contributed by atoms with van der Waals surface area (Å²) in [5.74, 6) is -1.25. The van der Waals surface area contributed by atoms with Gasteiger partial charge in [0.2, 0.25) is 17.7 Å². The van der Waals surface area contributed by atoms with Crippen LogP contribution >= 0.6 is 11.8 Å². The summed E-state index contributed by atoms with van der Waals surface area (Å²) in [6.45, 7) is 4.78. The van der Waals surface area contributed by atoms with Crippen molar-refractivity contribution in [3.63, 3.8) is 0 Å². The molecule has 7 nitrogen and oxygen atoms in total. The molecule has 0 radical (unpaired) electrons. The third-order valence-corrected chi connectivity index (χ3v) is 9.28. The van der Waals surface area contributed by atoms with Crippen LogP contribution in [0.25, 0.3) is 0 Å². The predicted molar refractivity (Wildman–Crippen MR) is 128 cm³/mol. The summed E-state index contributed by atoms with van der Waals surface area (Å²) in [4.78, 5) is 42.1. The number of nitrogens with zero attached hydrogens (tertiary/aromatic N) is 1. The van der Waals surface area contributed by atoms with Crippen LogP contribution in [0, 0.1) is 11.8 Å². The van der Waals surface area contributed by atoms with Gasteiger partial charge in [-0.25, -0.2) is 0 Å². The summed E-state index contributed by atoms with van der Waals surface area (Å²) >= 11 is 1.68. The Morgan fingerprint density at radius 1 is 1.27 bits per heavy atom. The van der Waals surface area contributed by atoms with E-state index < -0.39 is 22.6 Å². The first-order chi connectivity index (χ1) is 15.9. The van der Waals surface area contributed by atoms with Gasteiger partial charge in [-0.2, -0.15) is 0 Å². The van der Waals surface area contributed by atoms with Gasteiger partial charge in [0.25, 0.3) is 0 Å². The number of benzene rings is 1. The minimum atomic E-state index is -0.595. The van der Waals surface area contributed by atoms with Crippen LogP contribution in [0.2, 0.25) is 0 Å². The van der Waals surface area contributed by atoms with Crippen LogP contribution in [-0.4, -0.2) is 63.0 Å². The van der Waals surface area contributed by atoms with Gasteiger partial charge in [-0.05, 0) is 38.2 Å². The van der Waals surface area contributed by atoms with Crippen molar-refractivity contribution in [2.24, 2.45) is 11.8 Å². The third-order valence-electron chi connectivity index (χ3n) is 7.33. The predicted octanol–water partition coefficient (Wildman–Crippen LogP) is 2.08. The third kappa shape index (κ3) is 4.39. The number of carbonyl (C=O) groups excluding carboxylic acids is 3. The molecule has 8 heteroatoms. The highest BCUT2D eigenvalue weighted by Crippen LogP contribution is 2.66. The van der Waals surface area contributed by atoms with Crippen LogP contribution in [0.5, 0.6) is 0 Å². The SMILES string of the molecule is CCCC(C)NC(=O)C1N(CCCO)C(=O)[C@@H]2[C@H](C(=O)NCc3ccccc3)[C@@H]3CCC12S3. The van der Waals surface area contributed by atoms with Crippen molar-refractivity contribution in [1.82, 2.24) is 15.5 Å². The highest BCUT2D eigenvalue weighted by molar-refractivity contribution is 8.02. The van der Waals surface area contributed by atoms with E-state index in [9.17, 15) is 19.5 Å². The van der Waals surface area contributed by atoms with Gasteiger partial charge in [0.15, 0.2) is 0 Å². The molecule has 3 aliphatic heterocycles. The van der Waals surface area contributed by atoms with Gasteiger partial charge in [-0.3, -0.25) is 14.4 Å². The van der Waals surface area contributed by atoms with Crippen molar-refractivity contribution < 1.29 is 19.5 Å². The van der Waals surface area contributed by atoms with E-state index in [1.807, 2.05) is 37.3 Å². The largest absolute Gasteiger partial charge is 0.396 e. The van der Waals surface area contributed by atoms with Crippen LogP contribution in [0.15, 0.2) is 30.3 Å². The van der Waals surface area contributed by atoms with Gasteiger partial charge in [0, 0.05) is 31.0 Å². The van der Waals surface area contributed by atoms with Crippen molar-refractivity contribution >= 4 is 29.5 Å². The highest BCUT2D eigenvalue weighted by Gasteiger charge is 2.73. The minimum absolute atomic E-state index is 0.0290. The Morgan fingerprint density at radius 2 is 2.03 bits per heavy atom. The number of aliphatic hydroxyl groups is 1. The Morgan fingerprint density at radius 3 is 2.73 bits per heavy atom. The van der Waals surface area contributed by atoms with Crippen LogP contribution in [-0.2, 0) is 20.9 Å². The molecule has 1 aromatic carbocycles. The zero-order valence-electron chi connectivity index (χ0n) is 19.5. The minimum Gasteiger partial charge on any atom is -0.396 e. The molecule has 3 amide bonds. The number of rotatable bonds is 10. The van der Waals surface area contributed by atoms with Gasteiger partial charge in [-0.15, -0.1) is 11.8 Å². The molecule has 6 atom stereocenters. The topological polar surface area (TPSA) is 98.7 Å². The molecule has 1 spiro atoms. The second kappa shape index (κ2) is 10.1. The molecule has 3 heterocycles. The molecule has 1 aromatic rings. The zero-order chi connectivity index (χ0) is 23.6. The number of fused-ring (bicyclic) bond motifs is 1. The molecular formula is C25H35N3O4S. The van der Waals surface area contributed by atoms with E-state index in [0.717, 1.165) is 31.2 Å². The van der Waals surface area contributed by atoms with Gasteiger partial charge < -0.3 is 20.6 Å². The summed E-state index contributed by atoms with van der Waals surface area (Å²) in [5.41, 5.74) is 1.01. The molecule has 0 aromatic heterocycles. The summed E-state index contributed by atoms with van der Waals surface area (Å²) in [6, 6.07) is 9.17. The maximum Gasteiger partial charge on any atom is 0.244 e. The molecule has 0 saturated carbocycles. The molecule has 3 aliphatic rings. The highest BCUT2D eigenvalue weighted by atomic mass is 32.2. The molecule has 3 fully saturated rings. The number of amides is 3. The molecule has 33 heavy (non-hydrogen) atoms. The lowest BCUT2D eigenvalue weighted by Crippen LogP contribution is -2.55. The second-order valence-electron chi connectivity index (χ2n) is 9.57. The summed E-state index contributed by atoms with van der Waals surface area (Å²) in [6.07, 6.45) is 3.85. The van der Waals surface area contributed by atoms with E-state index >= 15 is 0 Å². The number of nitrogens with one attached hydrogen (secondary N) is 2. The Bertz CT molecular complexity index is 882. The summed E-state index contributed by atoms with van der Waals surface area (Å²) < 4.78 is -0.567. The lowest BCUT2D eigenvalue weighted by atomic mass is 9.70. The monoisotopic (exact) mass is 473 g/mol. The number of hydrogen-bond donors (Lipinski definition) is 3. The van der Waals surface area contributed by atoms with E-state index in [2.05, 4.69) is 17.6 Å². The van der Waals surface area contributed by atoms with Crippen molar-refractivity contribution in [1.29, 1.82) is 0 Å². The smallest absolute Gasteiger partial charge is 0.244 e. The Hall–Kier alpha value is -2.06. The maximum atomic E-state index is 13.7. The fraction of sp³-hybridized carbons (Fsp3) is 0.640. The molecule has 3 unspecified atom stereocenters. The van der Waals surface area contributed by atoms with Crippen LogP contribution in [0.1, 0.15) is 51.5 Å². The van der Waals surface area contributed by atoms with Gasteiger partial charge >= 0.3 is 0 Å². The molecule has 3 N–H and O–H groups in total. The average molecular weight is 474 g/mol. The van der Waals surface area contributed by atoms with Crippen LogP contribution in [0.4, 0.5) is 0 Å². The van der Waals surface area contributed by atoms with Gasteiger partial charge in [0.1, 0.15) is 6.04 Å². The van der Waals surface area contributed by atoms with Crippen molar-refractivity contribution in [2.75, 3.05) is 13.2 Å². The molecule has 180 valence electrons. The second-order valence-corrected chi connectivity index (χ2v) is 11.2. The van der Waals surface area contributed by atoms with Crippen molar-refractivity contribution in [3.05, 3.63) is 35.9 Å². The number of hydrogen-bond acceptors (Lipinski definition) is 5. The van der Waals surface area contributed by atoms with Gasteiger partial charge in [0.05, 0.1) is 16.6 Å². The number of thioether (sulfide) groups is 1. The number of carbonyl (C=O) groups is 3. The Kier molecular flexibility index (Phi) is 7.34. The maximum absolute atomic E-state index is 13.7. The fourth-order valence-corrected chi connectivity index (χ4v) is 8.18. The molecule has 4 rings (SSSR count). The van der Waals surface area contributed by atoms with E-state index in [1.54, 1.807) is 16.7 Å². The Balaban J connectivity index is 1.57. The van der Waals surface area contributed by atoms with Crippen molar-refractivity contribution in [3.8, 4) is 0 Å². The molecule has 3 saturated heterocycles. The van der Waals surface area contributed by atoms with E-state index in [4.69, 9.17) is 0 Å². The molecular weight excluding hydrogens is 438 g/mol. The lowest BCUT2D eigenvalue weighted by Gasteiger charge is -2.35. The quantitative estimate of drug-likeness (QED) is 0.483. The molecule has 0 aliphatic carbocycles. The fourth-order valence-electron chi connectivity index (χ4n) is 5.97. The average Bonchev–Trinajstić information content (AvgIpc) is 3.44.